The van der Waals surface area contributed by atoms with Crippen molar-refractivity contribution in [2.75, 3.05) is 13.2 Å². The van der Waals surface area contributed by atoms with E-state index >= 15 is 0 Å². The molecule has 1 aromatic carbocycles. The molecule has 0 saturated heterocycles. The number of benzene rings is 1. The van der Waals surface area contributed by atoms with Gasteiger partial charge in [0.15, 0.2) is 5.78 Å². The third kappa shape index (κ3) is 4.28. The number of aliphatic hydroxyl groups excluding tert-OH is 1. The second-order valence-electron chi connectivity index (χ2n) is 3.75. The topological polar surface area (TPSA) is 49.3 Å². The van der Waals surface area contributed by atoms with E-state index in [0.717, 1.165) is 0 Å². The molecule has 0 aliphatic rings. The number of carbonyl (C=O) groups is 1. The molecule has 0 aliphatic heterocycles. The highest BCUT2D eigenvalue weighted by Gasteiger charge is 2.15. The molecule has 17 heavy (non-hydrogen) atoms. The van der Waals surface area contributed by atoms with Crippen LogP contribution in [0.4, 0.5) is 0 Å². The molecule has 0 fully saturated rings. The molecule has 0 heterocycles. The van der Waals surface area contributed by atoms with Crippen LogP contribution in [0.15, 0.2) is 18.2 Å². The van der Waals surface area contributed by atoms with Crippen LogP contribution in [0.1, 0.15) is 23.7 Å². The van der Waals surface area contributed by atoms with Gasteiger partial charge in [-0.2, -0.15) is 0 Å². The van der Waals surface area contributed by atoms with Crippen LogP contribution in [0.2, 0.25) is 10.0 Å². The summed E-state index contributed by atoms with van der Waals surface area (Å²) in [6.45, 7) is 2.49. The highest BCUT2D eigenvalue weighted by molar-refractivity contribution is 6.42. The first-order chi connectivity index (χ1) is 8.06. The minimum atomic E-state index is -0.307. The summed E-state index contributed by atoms with van der Waals surface area (Å²) in [6, 6.07) is 4.52. The number of carbonyl (C=O) groups excluding carboxylic acids is 1. The summed E-state index contributed by atoms with van der Waals surface area (Å²) in [5.41, 5.74) is 0.531. The van der Waals surface area contributed by atoms with Crippen molar-refractivity contribution in [2.24, 2.45) is 0 Å². The lowest BCUT2D eigenvalue weighted by atomic mass is 10.1. The molecule has 2 N–H and O–H groups in total. The molecule has 1 rings (SSSR count). The Morgan fingerprint density at radius 2 is 2.12 bits per heavy atom. The summed E-state index contributed by atoms with van der Waals surface area (Å²) in [4.78, 5) is 12.0. The average molecular weight is 276 g/mol. The Morgan fingerprint density at radius 3 is 2.71 bits per heavy atom. The van der Waals surface area contributed by atoms with Gasteiger partial charge in [0.1, 0.15) is 0 Å². The highest BCUT2D eigenvalue weighted by atomic mass is 35.5. The molecule has 0 spiro atoms. The predicted molar refractivity (Wildman–Crippen MR) is 70.0 cm³/mol. The second-order valence-corrected chi connectivity index (χ2v) is 4.56. The van der Waals surface area contributed by atoms with Crippen LogP contribution in [0, 0.1) is 0 Å². The van der Waals surface area contributed by atoms with E-state index in [0.29, 0.717) is 28.6 Å². The van der Waals surface area contributed by atoms with Gasteiger partial charge in [0.2, 0.25) is 0 Å². The Labute approximate surface area is 111 Å². The maximum atomic E-state index is 12.0. The van der Waals surface area contributed by atoms with Crippen molar-refractivity contribution in [3.8, 4) is 0 Å². The van der Waals surface area contributed by atoms with E-state index in [1.165, 1.54) is 0 Å². The van der Waals surface area contributed by atoms with Crippen LogP contribution in [-0.2, 0) is 0 Å². The van der Waals surface area contributed by atoms with Crippen LogP contribution in [0.5, 0.6) is 0 Å². The number of hydrogen-bond donors (Lipinski definition) is 2. The Hall–Kier alpha value is -0.610. The summed E-state index contributed by atoms with van der Waals surface area (Å²) >= 11 is 11.6. The predicted octanol–water partition coefficient (Wildman–Crippen LogP) is 2.54. The summed E-state index contributed by atoms with van der Waals surface area (Å²) in [5.74, 6) is -0.0403. The molecule has 1 aromatic rings. The van der Waals surface area contributed by atoms with Gasteiger partial charge in [0.05, 0.1) is 16.1 Å². The Balaban J connectivity index is 2.65. The van der Waals surface area contributed by atoms with E-state index < -0.39 is 0 Å². The fourth-order valence-electron chi connectivity index (χ4n) is 1.39. The molecule has 1 atom stereocenters. The number of aliphatic hydroxyl groups is 1. The fraction of sp³-hybridized carbons (Fsp3) is 0.417. The molecule has 0 saturated carbocycles. The number of rotatable bonds is 6. The Morgan fingerprint density at radius 1 is 1.41 bits per heavy atom. The van der Waals surface area contributed by atoms with Crippen molar-refractivity contribution >= 4 is 29.0 Å². The molecular formula is C12H15Cl2NO2. The van der Waals surface area contributed by atoms with Gasteiger partial charge in [-0.3, -0.25) is 4.79 Å². The summed E-state index contributed by atoms with van der Waals surface area (Å²) < 4.78 is 0. The van der Waals surface area contributed by atoms with Crippen LogP contribution < -0.4 is 5.32 Å². The van der Waals surface area contributed by atoms with Gasteiger partial charge in [-0.1, -0.05) is 23.2 Å². The van der Waals surface area contributed by atoms with Gasteiger partial charge in [-0.25, -0.2) is 0 Å². The quantitative estimate of drug-likeness (QED) is 0.620. The zero-order valence-electron chi connectivity index (χ0n) is 9.54. The van der Waals surface area contributed by atoms with E-state index in [1.807, 2.05) is 0 Å². The minimum Gasteiger partial charge on any atom is -0.396 e. The van der Waals surface area contributed by atoms with Crippen molar-refractivity contribution in [1.29, 1.82) is 0 Å². The third-order valence-electron chi connectivity index (χ3n) is 2.38. The number of ketones is 1. The maximum Gasteiger partial charge on any atom is 0.179 e. The first-order valence-electron chi connectivity index (χ1n) is 5.39. The molecule has 0 amide bonds. The van der Waals surface area contributed by atoms with Gasteiger partial charge >= 0.3 is 0 Å². The van der Waals surface area contributed by atoms with E-state index in [1.54, 1.807) is 25.1 Å². The van der Waals surface area contributed by atoms with Gasteiger partial charge in [0.25, 0.3) is 0 Å². The summed E-state index contributed by atoms with van der Waals surface area (Å²) in [7, 11) is 0. The Kier molecular flexibility index (Phi) is 5.92. The van der Waals surface area contributed by atoms with E-state index in [2.05, 4.69) is 5.32 Å². The number of hydrogen-bond acceptors (Lipinski definition) is 3. The smallest absolute Gasteiger partial charge is 0.179 e. The van der Waals surface area contributed by atoms with E-state index in [4.69, 9.17) is 28.3 Å². The normalized spacial score (nSPS) is 12.5. The van der Waals surface area contributed by atoms with Crippen molar-refractivity contribution in [1.82, 2.24) is 5.32 Å². The van der Waals surface area contributed by atoms with Crippen LogP contribution in [0.3, 0.4) is 0 Å². The van der Waals surface area contributed by atoms with Gasteiger partial charge < -0.3 is 10.4 Å². The van der Waals surface area contributed by atoms with Gasteiger partial charge in [-0.05, 0) is 38.1 Å². The summed E-state index contributed by atoms with van der Waals surface area (Å²) in [5, 5.41) is 12.5. The van der Waals surface area contributed by atoms with Crippen molar-refractivity contribution in [2.45, 2.75) is 19.4 Å². The first kappa shape index (κ1) is 14.5. The van der Waals surface area contributed by atoms with Gasteiger partial charge in [-0.15, -0.1) is 0 Å². The van der Waals surface area contributed by atoms with Crippen molar-refractivity contribution < 1.29 is 9.90 Å². The lowest BCUT2D eigenvalue weighted by Gasteiger charge is -2.12. The largest absolute Gasteiger partial charge is 0.396 e. The van der Waals surface area contributed by atoms with Crippen LogP contribution in [-0.4, -0.2) is 30.1 Å². The zero-order chi connectivity index (χ0) is 12.8. The second kappa shape index (κ2) is 6.97. The number of nitrogens with one attached hydrogen (secondary N) is 1. The third-order valence-corrected chi connectivity index (χ3v) is 3.12. The number of halogens is 2. The van der Waals surface area contributed by atoms with E-state index in [9.17, 15) is 4.79 Å². The molecule has 5 heteroatoms. The number of Topliss-reactive ketones (excluding diaryl/α,β-unsaturated/α-hetero) is 1. The molecule has 94 valence electrons. The molecule has 0 aromatic heterocycles. The first-order valence-corrected chi connectivity index (χ1v) is 6.15. The molecular weight excluding hydrogens is 261 g/mol. The average Bonchev–Trinajstić information content (AvgIpc) is 2.32. The maximum absolute atomic E-state index is 12.0. The standard InChI is InChI=1S/C12H15Cl2NO2/c1-8(15-5-2-6-16)12(17)9-3-4-10(13)11(14)7-9/h3-4,7-8,15-16H,2,5-6H2,1H3. The highest BCUT2D eigenvalue weighted by Crippen LogP contribution is 2.23. The monoisotopic (exact) mass is 275 g/mol. The van der Waals surface area contributed by atoms with Gasteiger partial charge in [0, 0.05) is 12.2 Å². The van der Waals surface area contributed by atoms with Crippen LogP contribution >= 0.6 is 23.2 Å². The SMILES string of the molecule is CC(NCCCO)C(=O)c1ccc(Cl)c(Cl)c1. The van der Waals surface area contributed by atoms with Crippen LogP contribution in [0.25, 0.3) is 0 Å². The lowest BCUT2D eigenvalue weighted by Crippen LogP contribution is -2.34. The summed E-state index contributed by atoms with van der Waals surface area (Å²) in [6.07, 6.45) is 0.624. The molecule has 0 aliphatic carbocycles. The van der Waals surface area contributed by atoms with Crippen molar-refractivity contribution in [3.05, 3.63) is 33.8 Å². The molecule has 0 bridgehead atoms. The lowest BCUT2D eigenvalue weighted by molar-refractivity contribution is 0.0950. The molecule has 0 radical (unpaired) electrons. The fourth-order valence-corrected chi connectivity index (χ4v) is 1.69. The molecule has 3 nitrogen and oxygen atoms in total. The van der Waals surface area contributed by atoms with E-state index in [-0.39, 0.29) is 18.4 Å². The van der Waals surface area contributed by atoms with Crippen molar-refractivity contribution in [3.63, 3.8) is 0 Å². The minimum absolute atomic E-state index is 0.0403. The Bertz CT molecular complexity index is 396. The zero-order valence-corrected chi connectivity index (χ0v) is 11.1. The molecule has 1 unspecified atom stereocenters.